The second kappa shape index (κ2) is 12.7. The van der Waals surface area contributed by atoms with Crippen LogP contribution in [0.5, 0.6) is 5.75 Å². The zero-order valence-electron chi connectivity index (χ0n) is 23.4. The number of anilines is 1. The quantitative estimate of drug-likeness (QED) is 0.154. The summed E-state index contributed by atoms with van der Waals surface area (Å²) >= 11 is 0. The van der Waals surface area contributed by atoms with Crippen molar-refractivity contribution in [2.45, 2.75) is 25.3 Å². The predicted octanol–water partition coefficient (Wildman–Crippen LogP) is 6.38. The number of hydrogen-bond donors (Lipinski definition) is 1. The minimum absolute atomic E-state index is 0.105. The van der Waals surface area contributed by atoms with Crippen LogP contribution in [0.2, 0.25) is 0 Å². The average Bonchev–Trinajstić information content (AvgIpc) is 2.99. The third-order valence-corrected chi connectivity index (χ3v) is 8.48. The van der Waals surface area contributed by atoms with Crippen molar-refractivity contribution in [3.63, 3.8) is 0 Å². The summed E-state index contributed by atoms with van der Waals surface area (Å²) in [6, 6.07) is 35.3. The molecule has 0 fully saturated rings. The molecule has 0 heterocycles. The van der Waals surface area contributed by atoms with E-state index < -0.39 is 22.5 Å². The molecule has 0 spiro atoms. The number of carbonyl (C=O) groups is 1. The van der Waals surface area contributed by atoms with Crippen LogP contribution in [-0.4, -0.2) is 27.1 Å². The summed E-state index contributed by atoms with van der Waals surface area (Å²) in [6.07, 6.45) is 1.50. The Balaban J connectivity index is 1.21. The summed E-state index contributed by atoms with van der Waals surface area (Å²) in [5.41, 5.74) is 6.48. The number of hydrogen-bond acceptors (Lipinski definition) is 5. The van der Waals surface area contributed by atoms with E-state index in [2.05, 4.69) is 40.9 Å². The highest BCUT2D eigenvalue weighted by molar-refractivity contribution is 7.92. The molecule has 0 radical (unpaired) electrons. The van der Waals surface area contributed by atoms with Gasteiger partial charge in [-0.25, -0.2) is 13.8 Å². The molecule has 42 heavy (non-hydrogen) atoms. The predicted molar refractivity (Wildman–Crippen MR) is 167 cm³/mol. The molecule has 0 saturated carbocycles. The van der Waals surface area contributed by atoms with Gasteiger partial charge in [-0.05, 0) is 95.9 Å². The average molecular weight is 578 g/mol. The second-order valence-corrected chi connectivity index (χ2v) is 11.9. The molecule has 1 amide bonds. The van der Waals surface area contributed by atoms with Crippen molar-refractivity contribution in [1.82, 2.24) is 5.43 Å². The lowest BCUT2D eigenvalue weighted by Crippen LogP contribution is -2.39. The summed E-state index contributed by atoms with van der Waals surface area (Å²) in [7, 11) is -3.99. The van der Waals surface area contributed by atoms with Gasteiger partial charge >= 0.3 is 0 Å². The number of rotatable bonds is 10. The van der Waals surface area contributed by atoms with Crippen LogP contribution in [-0.2, 0) is 21.4 Å². The fourth-order valence-corrected chi connectivity index (χ4v) is 5.84. The highest BCUT2D eigenvalue weighted by Gasteiger charge is 2.27. The Morgan fingerprint density at radius 2 is 1.55 bits per heavy atom. The van der Waals surface area contributed by atoms with E-state index in [4.69, 9.17) is 4.74 Å². The minimum Gasteiger partial charge on any atom is -0.489 e. The highest BCUT2D eigenvalue weighted by Crippen LogP contribution is 2.25. The zero-order chi connectivity index (χ0) is 29.5. The Morgan fingerprint density at radius 1 is 0.810 bits per heavy atom. The maximum Gasteiger partial charge on any atom is 0.264 e. The summed E-state index contributed by atoms with van der Waals surface area (Å²) in [5, 5.41) is 6.39. The standard InChI is InChI=1S/C34H31N3O4S/c1-25-10-18-33(19-11-25)42(39,40)37(31-9-5-6-26(2)20-31)23-34(38)36-35-22-27-13-16-32(17-14-27)41-24-28-12-15-29-7-3-4-8-30(29)21-28/h3-22H,23-24H2,1-2H3,(H,36,38)/b35-22-. The van der Waals surface area contributed by atoms with Crippen molar-refractivity contribution in [1.29, 1.82) is 0 Å². The maximum atomic E-state index is 13.5. The number of benzene rings is 5. The number of ether oxygens (including phenoxy) is 1. The third-order valence-electron chi connectivity index (χ3n) is 6.69. The van der Waals surface area contributed by atoms with Gasteiger partial charge in [-0.15, -0.1) is 0 Å². The third kappa shape index (κ3) is 7.03. The van der Waals surface area contributed by atoms with Gasteiger partial charge in [0.1, 0.15) is 18.9 Å². The van der Waals surface area contributed by atoms with Crippen molar-refractivity contribution in [3.8, 4) is 5.75 Å². The van der Waals surface area contributed by atoms with Gasteiger partial charge in [0.05, 0.1) is 16.8 Å². The first-order chi connectivity index (χ1) is 20.3. The summed E-state index contributed by atoms with van der Waals surface area (Å²) < 4.78 is 34.1. The number of amides is 1. The fourth-order valence-electron chi connectivity index (χ4n) is 4.43. The van der Waals surface area contributed by atoms with E-state index in [0.717, 1.165) is 26.6 Å². The van der Waals surface area contributed by atoms with Crippen molar-refractivity contribution < 1.29 is 17.9 Å². The van der Waals surface area contributed by atoms with Gasteiger partial charge in [0.15, 0.2) is 0 Å². The first kappa shape index (κ1) is 28.6. The Morgan fingerprint density at radius 3 is 2.29 bits per heavy atom. The molecule has 7 nitrogen and oxygen atoms in total. The topological polar surface area (TPSA) is 88.1 Å². The molecule has 0 saturated heterocycles. The van der Waals surface area contributed by atoms with E-state index in [-0.39, 0.29) is 4.90 Å². The molecule has 0 aliphatic rings. The molecular formula is C34H31N3O4S. The molecule has 0 atom stereocenters. The van der Waals surface area contributed by atoms with E-state index in [1.54, 1.807) is 42.5 Å². The van der Waals surface area contributed by atoms with Gasteiger partial charge in [-0.3, -0.25) is 9.10 Å². The summed E-state index contributed by atoms with van der Waals surface area (Å²) in [5.74, 6) is 0.137. The van der Waals surface area contributed by atoms with Crippen LogP contribution in [0.25, 0.3) is 10.8 Å². The Kier molecular flexibility index (Phi) is 8.64. The number of fused-ring (bicyclic) bond motifs is 1. The molecule has 0 aliphatic heterocycles. The monoisotopic (exact) mass is 577 g/mol. The Bertz CT molecular complexity index is 1830. The fraction of sp³-hybridized carbons (Fsp3) is 0.118. The first-order valence-corrected chi connectivity index (χ1v) is 14.9. The van der Waals surface area contributed by atoms with Crippen molar-refractivity contribution in [2.75, 3.05) is 10.8 Å². The van der Waals surface area contributed by atoms with Gasteiger partial charge in [0.25, 0.3) is 15.9 Å². The normalized spacial score (nSPS) is 11.5. The first-order valence-electron chi connectivity index (χ1n) is 13.5. The summed E-state index contributed by atoms with van der Waals surface area (Å²) in [4.78, 5) is 12.9. The lowest BCUT2D eigenvalue weighted by molar-refractivity contribution is -0.119. The van der Waals surface area contributed by atoms with Crippen molar-refractivity contribution in [3.05, 3.63) is 138 Å². The molecular weight excluding hydrogens is 546 g/mol. The number of hydrazone groups is 1. The highest BCUT2D eigenvalue weighted by atomic mass is 32.2. The smallest absolute Gasteiger partial charge is 0.264 e. The van der Waals surface area contributed by atoms with Crippen LogP contribution in [0.1, 0.15) is 22.3 Å². The molecule has 0 unspecified atom stereocenters. The van der Waals surface area contributed by atoms with Crippen molar-refractivity contribution >= 4 is 38.6 Å². The van der Waals surface area contributed by atoms with E-state index in [9.17, 15) is 13.2 Å². The number of carbonyl (C=O) groups excluding carboxylic acids is 1. The van der Waals surface area contributed by atoms with Gasteiger partial charge in [0, 0.05) is 0 Å². The molecule has 8 heteroatoms. The molecule has 0 aromatic heterocycles. The van der Waals surface area contributed by atoms with Crippen molar-refractivity contribution in [2.24, 2.45) is 5.10 Å². The Hall–Kier alpha value is -4.95. The van der Waals surface area contributed by atoms with E-state index in [0.29, 0.717) is 18.0 Å². The van der Waals surface area contributed by atoms with Crippen LogP contribution >= 0.6 is 0 Å². The van der Waals surface area contributed by atoms with Crippen LogP contribution < -0.4 is 14.5 Å². The lowest BCUT2D eigenvalue weighted by atomic mass is 10.1. The van der Waals surface area contributed by atoms with Gasteiger partial charge < -0.3 is 4.74 Å². The molecule has 0 aliphatic carbocycles. The molecule has 5 aromatic rings. The van der Waals surface area contributed by atoms with Gasteiger partial charge in [0.2, 0.25) is 0 Å². The number of aryl methyl sites for hydroxylation is 2. The van der Waals surface area contributed by atoms with Gasteiger partial charge in [-0.1, -0.05) is 66.2 Å². The largest absolute Gasteiger partial charge is 0.489 e. The molecule has 5 rings (SSSR count). The summed E-state index contributed by atoms with van der Waals surface area (Å²) in [6.45, 7) is 3.76. The number of sulfonamides is 1. The lowest BCUT2D eigenvalue weighted by Gasteiger charge is -2.24. The van der Waals surface area contributed by atoms with Crippen LogP contribution in [0.15, 0.2) is 125 Å². The zero-order valence-corrected chi connectivity index (χ0v) is 24.2. The number of nitrogens with zero attached hydrogens (tertiary/aromatic N) is 2. The second-order valence-electron chi connectivity index (χ2n) is 10.00. The SMILES string of the molecule is Cc1ccc(S(=O)(=O)N(CC(=O)N/N=C\c2ccc(OCc3ccc4ccccc4c3)cc2)c2cccc(C)c2)cc1. The van der Waals surface area contributed by atoms with Gasteiger partial charge in [-0.2, -0.15) is 5.10 Å². The maximum absolute atomic E-state index is 13.5. The van der Waals surface area contributed by atoms with Crippen LogP contribution in [0.4, 0.5) is 5.69 Å². The van der Waals surface area contributed by atoms with Crippen LogP contribution in [0.3, 0.4) is 0 Å². The molecule has 5 aromatic carbocycles. The van der Waals surface area contributed by atoms with Crippen LogP contribution in [0, 0.1) is 13.8 Å². The minimum atomic E-state index is -3.99. The molecule has 0 bridgehead atoms. The number of nitrogens with one attached hydrogen (secondary N) is 1. The van der Waals surface area contributed by atoms with E-state index in [1.807, 2.05) is 56.3 Å². The van der Waals surface area contributed by atoms with E-state index in [1.165, 1.54) is 17.0 Å². The molecule has 1 N–H and O–H groups in total. The Labute approximate surface area is 246 Å². The molecule has 212 valence electrons. The van der Waals surface area contributed by atoms with E-state index >= 15 is 0 Å².